The Bertz CT molecular complexity index is 750. The number of nitrogens with one attached hydrogen (secondary N) is 2. The van der Waals surface area contributed by atoms with E-state index in [1.54, 1.807) is 0 Å². The molecule has 0 aliphatic heterocycles. The number of urea groups is 1. The third-order valence-corrected chi connectivity index (χ3v) is 3.59. The SMILES string of the molecule is O=C(NCc1cc2ccccc2o1)N[C@H](CO)c1ccccc1. The number of para-hydroxylation sites is 1. The van der Waals surface area contributed by atoms with Crippen LogP contribution >= 0.6 is 0 Å². The Kier molecular flexibility index (Phi) is 4.59. The summed E-state index contributed by atoms with van der Waals surface area (Å²) in [7, 11) is 0. The molecule has 1 aromatic heterocycles. The Morgan fingerprint density at radius 1 is 1.09 bits per heavy atom. The highest BCUT2D eigenvalue weighted by atomic mass is 16.3. The van der Waals surface area contributed by atoms with Crippen LogP contribution in [0.25, 0.3) is 11.0 Å². The molecule has 3 N–H and O–H groups in total. The van der Waals surface area contributed by atoms with Crippen molar-refractivity contribution in [3.05, 3.63) is 72.0 Å². The lowest BCUT2D eigenvalue weighted by molar-refractivity contribution is 0.216. The van der Waals surface area contributed by atoms with Crippen molar-refractivity contribution in [3.63, 3.8) is 0 Å². The summed E-state index contributed by atoms with van der Waals surface area (Å²) in [5, 5.41) is 15.9. The van der Waals surface area contributed by atoms with Gasteiger partial charge in [-0.1, -0.05) is 48.5 Å². The summed E-state index contributed by atoms with van der Waals surface area (Å²) in [6, 6.07) is 18.1. The van der Waals surface area contributed by atoms with E-state index in [-0.39, 0.29) is 19.2 Å². The third-order valence-electron chi connectivity index (χ3n) is 3.59. The number of aliphatic hydroxyl groups is 1. The first-order valence-corrected chi connectivity index (χ1v) is 7.44. The number of furan rings is 1. The first-order chi connectivity index (χ1) is 11.3. The Balaban J connectivity index is 1.58. The van der Waals surface area contributed by atoms with E-state index in [1.807, 2.05) is 60.7 Å². The van der Waals surface area contributed by atoms with Crippen LogP contribution in [0.15, 0.2) is 65.1 Å². The predicted octanol–water partition coefficient (Wildman–Crippen LogP) is 2.97. The zero-order valence-corrected chi connectivity index (χ0v) is 12.5. The second kappa shape index (κ2) is 6.98. The van der Waals surface area contributed by atoms with Gasteiger partial charge in [-0.3, -0.25) is 0 Å². The van der Waals surface area contributed by atoms with Crippen molar-refractivity contribution in [3.8, 4) is 0 Å². The van der Waals surface area contributed by atoms with E-state index >= 15 is 0 Å². The summed E-state index contributed by atoms with van der Waals surface area (Å²) >= 11 is 0. The van der Waals surface area contributed by atoms with Crippen molar-refractivity contribution < 1.29 is 14.3 Å². The van der Waals surface area contributed by atoms with E-state index in [2.05, 4.69) is 10.6 Å². The number of rotatable bonds is 5. The van der Waals surface area contributed by atoms with E-state index < -0.39 is 6.04 Å². The second-order valence-corrected chi connectivity index (χ2v) is 5.22. The van der Waals surface area contributed by atoms with E-state index in [1.165, 1.54) is 0 Å². The van der Waals surface area contributed by atoms with Crippen LogP contribution in [-0.2, 0) is 6.54 Å². The summed E-state index contributed by atoms with van der Waals surface area (Å²) in [5.41, 5.74) is 1.65. The molecule has 0 spiro atoms. The zero-order valence-electron chi connectivity index (χ0n) is 12.5. The maximum absolute atomic E-state index is 12.0. The minimum Gasteiger partial charge on any atom is -0.459 e. The molecule has 118 valence electrons. The quantitative estimate of drug-likeness (QED) is 0.678. The number of amides is 2. The number of fused-ring (bicyclic) bond motifs is 1. The van der Waals surface area contributed by atoms with Gasteiger partial charge in [-0.2, -0.15) is 0 Å². The largest absolute Gasteiger partial charge is 0.459 e. The van der Waals surface area contributed by atoms with Crippen molar-refractivity contribution in [1.29, 1.82) is 0 Å². The van der Waals surface area contributed by atoms with Gasteiger partial charge in [-0.25, -0.2) is 4.79 Å². The van der Waals surface area contributed by atoms with Crippen LogP contribution in [-0.4, -0.2) is 17.7 Å². The molecule has 3 aromatic rings. The maximum Gasteiger partial charge on any atom is 0.315 e. The first-order valence-electron chi connectivity index (χ1n) is 7.44. The lowest BCUT2D eigenvalue weighted by atomic mass is 10.1. The van der Waals surface area contributed by atoms with Crippen molar-refractivity contribution in [1.82, 2.24) is 10.6 Å². The normalized spacial score (nSPS) is 12.0. The average molecular weight is 310 g/mol. The third kappa shape index (κ3) is 3.70. The molecule has 23 heavy (non-hydrogen) atoms. The molecule has 0 radical (unpaired) electrons. The molecule has 0 saturated carbocycles. The summed E-state index contributed by atoms with van der Waals surface area (Å²) in [6.45, 7) is 0.121. The van der Waals surface area contributed by atoms with Gasteiger partial charge in [0.15, 0.2) is 0 Å². The standard InChI is InChI=1S/C18H18N2O3/c21-12-16(13-6-2-1-3-7-13)20-18(22)19-11-15-10-14-8-4-5-9-17(14)23-15/h1-10,16,21H,11-12H2,(H2,19,20,22)/t16-/m1/s1. The van der Waals surface area contributed by atoms with E-state index in [9.17, 15) is 9.90 Å². The van der Waals surface area contributed by atoms with Gasteiger partial charge < -0.3 is 20.2 Å². The van der Waals surface area contributed by atoms with Gasteiger partial charge in [0, 0.05) is 5.39 Å². The molecule has 2 amide bonds. The van der Waals surface area contributed by atoms with Crippen molar-refractivity contribution in [2.24, 2.45) is 0 Å². The molecule has 1 atom stereocenters. The van der Waals surface area contributed by atoms with Gasteiger partial charge in [-0.05, 0) is 17.7 Å². The molecule has 0 fully saturated rings. The molecule has 1 heterocycles. The number of hydrogen-bond acceptors (Lipinski definition) is 3. The number of carbonyl (C=O) groups excluding carboxylic acids is 1. The second-order valence-electron chi connectivity index (χ2n) is 5.22. The Morgan fingerprint density at radius 3 is 2.57 bits per heavy atom. The highest BCUT2D eigenvalue weighted by molar-refractivity contribution is 5.78. The molecule has 0 bridgehead atoms. The van der Waals surface area contributed by atoms with Crippen LogP contribution in [0.5, 0.6) is 0 Å². The van der Waals surface area contributed by atoms with Gasteiger partial charge in [0.2, 0.25) is 0 Å². The number of carbonyl (C=O) groups is 1. The smallest absolute Gasteiger partial charge is 0.315 e. The number of benzene rings is 2. The molecule has 0 aliphatic carbocycles. The maximum atomic E-state index is 12.0. The van der Waals surface area contributed by atoms with Gasteiger partial charge in [-0.15, -0.1) is 0 Å². The molecule has 0 unspecified atom stereocenters. The molecule has 5 heteroatoms. The number of aliphatic hydroxyl groups excluding tert-OH is 1. The van der Waals surface area contributed by atoms with Crippen LogP contribution in [0.1, 0.15) is 17.4 Å². The van der Waals surface area contributed by atoms with Gasteiger partial charge in [0.25, 0.3) is 0 Å². The van der Waals surface area contributed by atoms with Gasteiger partial charge in [0.05, 0.1) is 19.2 Å². The molecule has 5 nitrogen and oxygen atoms in total. The Morgan fingerprint density at radius 2 is 1.83 bits per heavy atom. The average Bonchev–Trinajstić information content (AvgIpc) is 3.01. The van der Waals surface area contributed by atoms with E-state index in [4.69, 9.17) is 4.42 Å². The zero-order chi connectivity index (χ0) is 16.1. The fourth-order valence-electron chi connectivity index (χ4n) is 2.42. The molecular weight excluding hydrogens is 292 g/mol. The van der Waals surface area contributed by atoms with Crippen LogP contribution in [0.2, 0.25) is 0 Å². The van der Waals surface area contributed by atoms with E-state index in [0.29, 0.717) is 5.76 Å². The summed E-state index contributed by atoms with van der Waals surface area (Å²) in [6.07, 6.45) is 0. The lowest BCUT2D eigenvalue weighted by Gasteiger charge is -2.16. The van der Waals surface area contributed by atoms with Crippen LogP contribution in [0.4, 0.5) is 4.79 Å². The first kappa shape index (κ1) is 15.1. The minimum absolute atomic E-state index is 0.165. The summed E-state index contributed by atoms with van der Waals surface area (Å²) < 4.78 is 5.64. The Labute approximate surface area is 133 Å². The molecule has 0 aliphatic rings. The van der Waals surface area contributed by atoms with E-state index in [0.717, 1.165) is 16.5 Å². The fraction of sp³-hybridized carbons (Fsp3) is 0.167. The van der Waals surface area contributed by atoms with Gasteiger partial charge in [0.1, 0.15) is 11.3 Å². The van der Waals surface area contributed by atoms with Crippen LogP contribution < -0.4 is 10.6 Å². The van der Waals surface area contributed by atoms with Crippen molar-refractivity contribution >= 4 is 17.0 Å². The summed E-state index contributed by atoms with van der Waals surface area (Å²) in [4.78, 5) is 12.0. The van der Waals surface area contributed by atoms with Gasteiger partial charge >= 0.3 is 6.03 Å². The number of hydrogen-bond donors (Lipinski definition) is 3. The topological polar surface area (TPSA) is 74.5 Å². The summed E-state index contributed by atoms with van der Waals surface area (Å²) in [5.74, 6) is 0.682. The Hall–Kier alpha value is -2.79. The highest BCUT2D eigenvalue weighted by Crippen LogP contribution is 2.18. The highest BCUT2D eigenvalue weighted by Gasteiger charge is 2.13. The molecular formula is C18H18N2O3. The van der Waals surface area contributed by atoms with Crippen molar-refractivity contribution in [2.45, 2.75) is 12.6 Å². The predicted molar refractivity (Wildman–Crippen MR) is 87.9 cm³/mol. The molecule has 0 saturated heterocycles. The van der Waals surface area contributed by atoms with Crippen molar-refractivity contribution in [2.75, 3.05) is 6.61 Å². The van der Waals surface area contributed by atoms with Crippen LogP contribution in [0, 0.1) is 0 Å². The monoisotopic (exact) mass is 310 g/mol. The lowest BCUT2D eigenvalue weighted by Crippen LogP contribution is -2.38. The fourth-order valence-corrected chi connectivity index (χ4v) is 2.42. The van der Waals surface area contributed by atoms with Crippen LogP contribution in [0.3, 0.4) is 0 Å². The molecule has 3 rings (SSSR count). The minimum atomic E-state index is -0.438. The molecule has 2 aromatic carbocycles.